The number of benzene rings is 1. The van der Waals surface area contributed by atoms with Gasteiger partial charge in [-0.05, 0) is 6.07 Å². The predicted octanol–water partition coefficient (Wildman–Crippen LogP) is 0.590. The maximum absolute atomic E-state index is 13.3. The first-order chi connectivity index (χ1) is 8.57. The van der Waals surface area contributed by atoms with Crippen molar-refractivity contribution in [1.29, 1.82) is 0 Å². The molecule has 1 amide bonds. The lowest BCUT2D eigenvalue weighted by Crippen LogP contribution is -2.56. The Hall–Kier alpha value is -1.53. The van der Waals surface area contributed by atoms with Crippen LogP contribution in [0, 0.1) is 17.0 Å². The van der Waals surface area contributed by atoms with Gasteiger partial charge in [0.15, 0.2) is 0 Å². The van der Waals surface area contributed by atoms with Crippen LogP contribution in [0.4, 0.5) is 8.78 Å². The number of aliphatic hydroxyl groups is 1. The summed E-state index contributed by atoms with van der Waals surface area (Å²) >= 11 is 0. The van der Waals surface area contributed by atoms with E-state index in [4.69, 9.17) is 9.84 Å². The number of ether oxygens (including phenoxy) is 1. The topological polar surface area (TPSA) is 58.6 Å². The third kappa shape index (κ3) is 2.34. The van der Waals surface area contributed by atoms with Gasteiger partial charge in [0.1, 0.15) is 17.0 Å². The van der Waals surface area contributed by atoms with Crippen molar-refractivity contribution in [2.24, 2.45) is 5.41 Å². The fourth-order valence-corrected chi connectivity index (χ4v) is 1.67. The maximum atomic E-state index is 13.3. The Balaban J connectivity index is 1.97. The lowest BCUT2D eigenvalue weighted by atomic mass is 9.86. The zero-order chi connectivity index (χ0) is 13.2. The summed E-state index contributed by atoms with van der Waals surface area (Å²) in [6.07, 6.45) is 0. The first kappa shape index (κ1) is 12.9. The van der Waals surface area contributed by atoms with Gasteiger partial charge in [0.2, 0.25) is 5.91 Å². The number of hydrogen-bond acceptors (Lipinski definition) is 3. The summed E-state index contributed by atoms with van der Waals surface area (Å²) < 4.78 is 30.9. The predicted molar refractivity (Wildman–Crippen MR) is 58.5 cm³/mol. The van der Waals surface area contributed by atoms with Gasteiger partial charge in [-0.1, -0.05) is 6.07 Å². The number of carbonyl (C=O) groups excluding carboxylic acids is 1. The summed E-state index contributed by atoms with van der Waals surface area (Å²) in [5, 5.41) is 11.6. The van der Waals surface area contributed by atoms with Crippen molar-refractivity contribution >= 4 is 5.91 Å². The Labute approximate surface area is 103 Å². The van der Waals surface area contributed by atoms with Crippen LogP contribution >= 0.6 is 0 Å². The zero-order valence-electron chi connectivity index (χ0n) is 9.58. The average Bonchev–Trinajstić information content (AvgIpc) is 2.27. The molecule has 0 aliphatic carbocycles. The molecule has 2 N–H and O–H groups in total. The second-order valence-electron chi connectivity index (χ2n) is 4.35. The molecular weight excluding hydrogens is 244 g/mol. The number of rotatable bonds is 4. The van der Waals surface area contributed by atoms with Crippen LogP contribution in [-0.4, -0.2) is 30.8 Å². The quantitative estimate of drug-likeness (QED) is 0.830. The van der Waals surface area contributed by atoms with E-state index in [0.717, 1.165) is 12.1 Å². The van der Waals surface area contributed by atoms with Crippen LogP contribution in [0.1, 0.15) is 5.56 Å². The van der Waals surface area contributed by atoms with Crippen LogP contribution in [0.5, 0.6) is 0 Å². The zero-order valence-corrected chi connectivity index (χ0v) is 9.58. The van der Waals surface area contributed by atoms with E-state index in [-0.39, 0.29) is 37.8 Å². The summed E-state index contributed by atoms with van der Waals surface area (Å²) in [6.45, 7) is -0.0557. The van der Waals surface area contributed by atoms with Gasteiger partial charge >= 0.3 is 0 Å². The first-order valence-electron chi connectivity index (χ1n) is 5.48. The molecule has 0 bridgehead atoms. The van der Waals surface area contributed by atoms with Crippen LogP contribution in [0.3, 0.4) is 0 Å². The number of halogens is 2. The van der Waals surface area contributed by atoms with Gasteiger partial charge in [-0.25, -0.2) is 8.78 Å². The Morgan fingerprint density at radius 1 is 1.44 bits per heavy atom. The van der Waals surface area contributed by atoms with E-state index in [1.54, 1.807) is 0 Å². The third-order valence-electron chi connectivity index (χ3n) is 3.00. The monoisotopic (exact) mass is 257 g/mol. The van der Waals surface area contributed by atoms with Gasteiger partial charge in [-0.2, -0.15) is 0 Å². The largest absolute Gasteiger partial charge is 0.395 e. The number of hydrogen-bond donors (Lipinski definition) is 2. The maximum Gasteiger partial charge on any atom is 0.233 e. The lowest BCUT2D eigenvalue weighted by molar-refractivity contribution is -0.170. The number of carbonyl (C=O) groups is 1. The molecule has 0 aromatic heterocycles. The summed E-state index contributed by atoms with van der Waals surface area (Å²) in [6, 6.07) is 3.16. The van der Waals surface area contributed by atoms with Gasteiger partial charge < -0.3 is 15.2 Å². The lowest BCUT2D eigenvalue weighted by Gasteiger charge is -2.38. The molecule has 1 heterocycles. The molecule has 1 aliphatic heterocycles. The molecule has 0 atom stereocenters. The normalized spacial score (nSPS) is 17.1. The van der Waals surface area contributed by atoms with Gasteiger partial charge in [-0.15, -0.1) is 0 Å². The van der Waals surface area contributed by atoms with Crippen molar-refractivity contribution in [3.63, 3.8) is 0 Å². The molecule has 0 saturated carbocycles. The van der Waals surface area contributed by atoms with Crippen LogP contribution < -0.4 is 5.32 Å². The number of nitrogens with one attached hydrogen (secondary N) is 1. The van der Waals surface area contributed by atoms with E-state index >= 15 is 0 Å². The van der Waals surface area contributed by atoms with Crippen LogP contribution in [0.25, 0.3) is 0 Å². The van der Waals surface area contributed by atoms with Crippen LogP contribution in [0.2, 0.25) is 0 Å². The number of aliphatic hydroxyl groups excluding tert-OH is 1. The molecule has 6 heteroatoms. The Morgan fingerprint density at radius 3 is 2.67 bits per heavy atom. The van der Waals surface area contributed by atoms with Crippen LogP contribution in [-0.2, 0) is 16.1 Å². The van der Waals surface area contributed by atoms with E-state index in [1.165, 1.54) is 6.07 Å². The molecule has 1 aromatic carbocycles. The van der Waals surface area contributed by atoms with Crippen molar-refractivity contribution in [2.45, 2.75) is 6.54 Å². The van der Waals surface area contributed by atoms with Gasteiger partial charge in [0.25, 0.3) is 0 Å². The van der Waals surface area contributed by atoms with E-state index in [0.29, 0.717) is 0 Å². The SMILES string of the molecule is O=C(NCc1ccc(F)cc1F)C1(CO)COC1. The van der Waals surface area contributed by atoms with Crippen molar-refractivity contribution < 1.29 is 23.4 Å². The molecule has 98 valence electrons. The highest BCUT2D eigenvalue weighted by molar-refractivity contribution is 5.83. The molecule has 1 aliphatic rings. The highest BCUT2D eigenvalue weighted by atomic mass is 19.1. The standard InChI is InChI=1S/C12H13F2NO3/c13-9-2-1-8(10(14)3-9)4-15-11(17)12(5-16)6-18-7-12/h1-3,16H,4-7H2,(H,15,17). The fourth-order valence-electron chi connectivity index (χ4n) is 1.67. The van der Waals surface area contributed by atoms with E-state index in [9.17, 15) is 13.6 Å². The average molecular weight is 257 g/mol. The molecule has 0 spiro atoms. The second-order valence-corrected chi connectivity index (χ2v) is 4.35. The third-order valence-corrected chi connectivity index (χ3v) is 3.00. The van der Waals surface area contributed by atoms with E-state index in [2.05, 4.69) is 5.32 Å². The van der Waals surface area contributed by atoms with Crippen molar-refractivity contribution in [2.75, 3.05) is 19.8 Å². The highest BCUT2D eigenvalue weighted by Gasteiger charge is 2.45. The first-order valence-corrected chi connectivity index (χ1v) is 5.48. The molecule has 1 fully saturated rings. The Kier molecular flexibility index (Phi) is 3.58. The van der Waals surface area contributed by atoms with Crippen molar-refractivity contribution in [3.05, 3.63) is 35.4 Å². The fraction of sp³-hybridized carbons (Fsp3) is 0.417. The Morgan fingerprint density at radius 2 is 2.17 bits per heavy atom. The second kappa shape index (κ2) is 4.99. The highest BCUT2D eigenvalue weighted by Crippen LogP contribution is 2.27. The van der Waals surface area contributed by atoms with Gasteiger partial charge in [0, 0.05) is 18.2 Å². The number of amides is 1. The smallest absolute Gasteiger partial charge is 0.233 e. The van der Waals surface area contributed by atoms with E-state index < -0.39 is 17.0 Å². The molecule has 0 unspecified atom stereocenters. The summed E-state index contributed by atoms with van der Waals surface area (Å²) in [5.41, 5.74) is -0.727. The molecule has 18 heavy (non-hydrogen) atoms. The van der Waals surface area contributed by atoms with E-state index in [1.807, 2.05) is 0 Å². The summed E-state index contributed by atoms with van der Waals surface area (Å²) in [4.78, 5) is 11.8. The minimum Gasteiger partial charge on any atom is -0.395 e. The van der Waals surface area contributed by atoms with Crippen LogP contribution in [0.15, 0.2) is 18.2 Å². The molecule has 2 rings (SSSR count). The Bertz CT molecular complexity index is 455. The minimum atomic E-state index is -0.920. The summed E-state index contributed by atoms with van der Waals surface area (Å²) in [5.74, 6) is -1.76. The summed E-state index contributed by atoms with van der Waals surface area (Å²) in [7, 11) is 0. The van der Waals surface area contributed by atoms with Crippen molar-refractivity contribution in [1.82, 2.24) is 5.32 Å². The minimum absolute atomic E-state index is 0.0489. The van der Waals surface area contributed by atoms with Gasteiger partial charge in [0.05, 0.1) is 19.8 Å². The molecular formula is C12H13F2NO3. The molecule has 1 aromatic rings. The van der Waals surface area contributed by atoms with Crippen molar-refractivity contribution in [3.8, 4) is 0 Å². The molecule has 0 radical (unpaired) electrons. The molecule has 1 saturated heterocycles. The molecule has 4 nitrogen and oxygen atoms in total. The van der Waals surface area contributed by atoms with Gasteiger partial charge in [-0.3, -0.25) is 4.79 Å².